The summed E-state index contributed by atoms with van der Waals surface area (Å²) in [5.41, 5.74) is 0.105. The zero-order valence-electron chi connectivity index (χ0n) is 8.23. The molecule has 0 amide bonds. The van der Waals surface area contributed by atoms with Crippen molar-refractivity contribution < 1.29 is 19.4 Å². The van der Waals surface area contributed by atoms with Crippen molar-refractivity contribution in [2.75, 3.05) is 14.2 Å². The fourth-order valence-corrected chi connectivity index (χ4v) is 1.31. The number of halogens is 1. The molecule has 1 N–H and O–H groups in total. The third-order valence-electron chi connectivity index (χ3n) is 1.79. The first-order chi connectivity index (χ1) is 7.11. The van der Waals surface area contributed by atoms with Gasteiger partial charge in [-0.05, 0) is 6.07 Å². The van der Waals surface area contributed by atoms with Crippen LogP contribution < -0.4 is 4.74 Å². The van der Waals surface area contributed by atoms with Crippen molar-refractivity contribution in [3.63, 3.8) is 0 Å². The molecule has 0 aliphatic heterocycles. The van der Waals surface area contributed by atoms with Gasteiger partial charge in [0.2, 0.25) is 5.88 Å². The molecule has 0 aromatic carbocycles. The van der Waals surface area contributed by atoms with E-state index in [2.05, 4.69) is 9.72 Å². The number of hydrogen-bond donors (Lipinski definition) is 1. The largest absolute Gasteiger partial charge is 0.481 e. The first-order valence-corrected chi connectivity index (χ1v) is 4.44. The number of methoxy groups -OCH3 is 2. The van der Waals surface area contributed by atoms with Gasteiger partial charge in [-0.2, -0.15) is 0 Å². The molecule has 0 saturated carbocycles. The fraction of sp³-hybridized carbons (Fsp3) is 0.333. The number of aliphatic hydroxyl groups excluding tert-OH is 1. The summed E-state index contributed by atoms with van der Waals surface area (Å²) in [5, 5.41) is 9.80. The van der Waals surface area contributed by atoms with Crippen LogP contribution in [0.3, 0.4) is 0 Å². The lowest BCUT2D eigenvalue weighted by Gasteiger charge is -2.12. The van der Waals surface area contributed by atoms with Gasteiger partial charge < -0.3 is 14.6 Å². The van der Waals surface area contributed by atoms with Gasteiger partial charge in [0.15, 0.2) is 6.10 Å². The highest BCUT2D eigenvalue weighted by atomic mass is 35.5. The summed E-state index contributed by atoms with van der Waals surface area (Å²) >= 11 is 5.82. The SMILES string of the molecule is COC(=O)C(O)c1c(Cl)ccnc1OC. The summed E-state index contributed by atoms with van der Waals surface area (Å²) < 4.78 is 9.27. The lowest BCUT2D eigenvalue weighted by molar-refractivity contribution is -0.150. The first kappa shape index (κ1) is 11.7. The maximum absolute atomic E-state index is 11.1. The van der Waals surface area contributed by atoms with E-state index < -0.39 is 12.1 Å². The molecular weight excluding hydrogens is 222 g/mol. The normalized spacial score (nSPS) is 12.0. The summed E-state index contributed by atoms with van der Waals surface area (Å²) in [5.74, 6) is -0.719. The Kier molecular flexibility index (Phi) is 3.88. The van der Waals surface area contributed by atoms with Gasteiger partial charge >= 0.3 is 5.97 Å². The van der Waals surface area contributed by atoms with Gasteiger partial charge in [-0.25, -0.2) is 9.78 Å². The van der Waals surface area contributed by atoms with Gasteiger partial charge in [-0.3, -0.25) is 0 Å². The fourth-order valence-electron chi connectivity index (χ4n) is 1.07. The molecule has 6 heteroatoms. The number of carbonyl (C=O) groups is 1. The Morgan fingerprint density at radius 2 is 2.27 bits per heavy atom. The van der Waals surface area contributed by atoms with Crippen molar-refractivity contribution in [1.82, 2.24) is 4.98 Å². The molecule has 0 aliphatic rings. The Balaban J connectivity index is 3.16. The molecular formula is C9H10ClNO4. The molecule has 15 heavy (non-hydrogen) atoms. The monoisotopic (exact) mass is 231 g/mol. The van der Waals surface area contributed by atoms with Gasteiger partial charge in [-0.15, -0.1) is 0 Å². The molecule has 1 aromatic rings. The third-order valence-corrected chi connectivity index (χ3v) is 2.12. The lowest BCUT2D eigenvalue weighted by atomic mass is 10.1. The standard InChI is InChI=1S/C9H10ClNO4/c1-14-8-6(5(10)3-4-11-8)7(12)9(13)15-2/h3-4,7,12H,1-2H3. The van der Waals surface area contributed by atoms with Crippen molar-refractivity contribution in [2.24, 2.45) is 0 Å². The maximum Gasteiger partial charge on any atom is 0.339 e. The Hall–Kier alpha value is -1.33. The van der Waals surface area contributed by atoms with Crippen LogP contribution in [-0.2, 0) is 9.53 Å². The molecule has 1 unspecified atom stereocenters. The quantitative estimate of drug-likeness (QED) is 0.785. The van der Waals surface area contributed by atoms with Gasteiger partial charge in [0, 0.05) is 6.20 Å². The van der Waals surface area contributed by atoms with Crippen molar-refractivity contribution in [3.05, 3.63) is 22.8 Å². The molecule has 0 aliphatic carbocycles. The number of aliphatic hydroxyl groups is 1. The Morgan fingerprint density at radius 1 is 1.60 bits per heavy atom. The van der Waals surface area contributed by atoms with Crippen LogP contribution in [0.15, 0.2) is 12.3 Å². The van der Waals surface area contributed by atoms with E-state index in [4.69, 9.17) is 16.3 Å². The van der Waals surface area contributed by atoms with E-state index in [1.807, 2.05) is 0 Å². The van der Waals surface area contributed by atoms with E-state index in [0.29, 0.717) is 0 Å². The number of aromatic nitrogens is 1. The predicted molar refractivity (Wildman–Crippen MR) is 52.8 cm³/mol. The van der Waals surface area contributed by atoms with E-state index in [1.165, 1.54) is 26.5 Å². The number of rotatable bonds is 3. The maximum atomic E-state index is 11.1. The molecule has 5 nitrogen and oxygen atoms in total. The van der Waals surface area contributed by atoms with Crippen LogP contribution in [0.4, 0.5) is 0 Å². The van der Waals surface area contributed by atoms with Crippen LogP contribution in [0.1, 0.15) is 11.7 Å². The third kappa shape index (κ3) is 2.37. The van der Waals surface area contributed by atoms with Crippen LogP contribution in [0.25, 0.3) is 0 Å². The van der Waals surface area contributed by atoms with Crippen LogP contribution in [0, 0.1) is 0 Å². The zero-order valence-corrected chi connectivity index (χ0v) is 8.99. The van der Waals surface area contributed by atoms with Crippen molar-refractivity contribution in [1.29, 1.82) is 0 Å². The van der Waals surface area contributed by atoms with E-state index >= 15 is 0 Å². The summed E-state index contributed by atoms with van der Waals surface area (Å²) in [6.07, 6.45) is -0.0829. The highest BCUT2D eigenvalue weighted by Gasteiger charge is 2.25. The van der Waals surface area contributed by atoms with Gasteiger partial charge in [0.1, 0.15) is 0 Å². The average molecular weight is 232 g/mol. The molecule has 0 spiro atoms. The first-order valence-electron chi connectivity index (χ1n) is 4.06. The second-order valence-electron chi connectivity index (χ2n) is 2.64. The number of esters is 1. The van der Waals surface area contributed by atoms with Gasteiger partial charge in [0.05, 0.1) is 24.8 Å². The topological polar surface area (TPSA) is 68.7 Å². The van der Waals surface area contributed by atoms with Gasteiger partial charge in [0.25, 0.3) is 0 Å². The summed E-state index contributed by atoms with van der Waals surface area (Å²) in [6, 6.07) is 1.45. The van der Waals surface area contributed by atoms with E-state index in [9.17, 15) is 9.90 Å². The summed E-state index contributed by atoms with van der Waals surface area (Å²) in [6.45, 7) is 0. The van der Waals surface area contributed by atoms with Crippen LogP contribution in [-0.4, -0.2) is 30.3 Å². The Bertz CT molecular complexity index is 369. The Labute approximate surface area is 91.6 Å². The number of nitrogens with zero attached hydrogens (tertiary/aromatic N) is 1. The lowest BCUT2D eigenvalue weighted by Crippen LogP contribution is -2.15. The number of pyridine rings is 1. The van der Waals surface area contributed by atoms with Crippen LogP contribution in [0.2, 0.25) is 5.02 Å². The second-order valence-corrected chi connectivity index (χ2v) is 3.05. The molecule has 0 radical (unpaired) electrons. The second kappa shape index (κ2) is 4.95. The van der Waals surface area contributed by atoms with E-state index in [-0.39, 0.29) is 16.5 Å². The molecule has 0 saturated heterocycles. The molecule has 0 bridgehead atoms. The minimum Gasteiger partial charge on any atom is -0.481 e. The summed E-state index contributed by atoms with van der Waals surface area (Å²) in [7, 11) is 2.54. The molecule has 82 valence electrons. The summed E-state index contributed by atoms with van der Waals surface area (Å²) in [4.78, 5) is 14.9. The van der Waals surface area contributed by atoms with E-state index in [1.54, 1.807) is 0 Å². The smallest absolute Gasteiger partial charge is 0.339 e. The predicted octanol–water partition coefficient (Wildman–Crippen LogP) is 0.950. The highest BCUT2D eigenvalue weighted by Crippen LogP contribution is 2.30. The highest BCUT2D eigenvalue weighted by molar-refractivity contribution is 6.31. The molecule has 1 rings (SSSR count). The van der Waals surface area contributed by atoms with E-state index in [0.717, 1.165) is 0 Å². The van der Waals surface area contributed by atoms with Crippen LogP contribution >= 0.6 is 11.6 Å². The van der Waals surface area contributed by atoms with Gasteiger partial charge in [-0.1, -0.05) is 11.6 Å². The van der Waals surface area contributed by atoms with Crippen molar-refractivity contribution in [3.8, 4) is 5.88 Å². The Morgan fingerprint density at radius 3 is 2.80 bits per heavy atom. The average Bonchev–Trinajstić information content (AvgIpc) is 2.26. The molecule has 1 heterocycles. The van der Waals surface area contributed by atoms with Crippen LogP contribution in [0.5, 0.6) is 5.88 Å². The minimum absolute atomic E-state index is 0.0976. The molecule has 1 atom stereocenters. The number of hydrogen-bond acceptors (Lipinski definition) is 5. The van der Waals surface area contributed by atoms with Crippen molar-refractivity contribution >= 4 is 17.6 Å². The number of carbonyl (C=O) groups excluding carboxylic acids is 1. The van der Waals surface area contributed by atoms with Crippen molar-refractivity contribution in [2.45, 2.75) is 6.10 Å². The molecule has 0 fully saturated rings. The molecule has 1 aromatic heterocycles. The minimum atomic E-state index is -1.49. The zero-order chi connectivity index (χ0) is 11.4. The number of ether oxygens (including phenoxy) is 2.